The second-order valence-corrected chi connectivity index (χ2v) is 1.66. The summed E-state index contributed by atoms with van der Waals surface area (Å²) in [5, 5.41) is 7.37. The van der Waals surface area contributed by atoms with Gasteiger partial charge in [-0.15, -0.1) is 0 Å². The van der Waals surface area contributed by atoms with Crippen LogP contribution in [0.3, 0.4) is 0 Å². The molecule has 0 radical (unpaired) electrons. The predicted molar refractivity (Wildman–Crippen MR) is 40.7 cm³/mol. The molecule has 0 unspecified atom stereocenters. The third kappa shape index (κ3) is 2.44. The van der Waals surface area contributed by atoms with Crippen molar-refractivity contribution in [3.63, 3.8) is 0 Å². The molecule has 0 aliphatic rings. The fourth-order valence-corrected chi connectivity index (χ4v) is 0.578. The third-order valence-corrected chi connectivity index (χ3v) is 1.01. The Morgan fingerprint density at radius 3 is 2.50 bits per heavy atom. The first-order chi connectivity index (χ1) is 4.76. The van der Waals surface area contributed by atoms with Crippen LogP contribution in [0, 0.1) is 0 Å². The Balaban J connectivity index is 4.42. The lowest BCUT2D eigenvalue weighted by Gasteiger charge is -1.99. The molecule has 0 aliphatic heterocycles. The summed E-state index contributed by atoms with van der Waals surface area (Å²) in [7, 11) is 3.19. The lowest BCUT2D eigenvalue weighted by molar-refractivity contribution is 0.301. The fraction of sp³-hybridized carbons (Fsp3) is 0.429. The van der Waals surface area contributed by atoms with Gasteiger partial charge in [-0.3, -0.25) is 0 Å². The summed E-state index contributed by atoms with van der Waals surface area (Å²) in [5.41, 5.74) is 0.736. The molecule has 3 heteroatoms. The summed E-state index contributed by atoms with van der Waals surface area (Å²) in [6, 6.07) is 0. The molecule has 0 rings (SSSR count). The van der Waals surface area contributed by atoms with E-state index in [1.165, 1.54) is 0 Å². The van der Waals surface area contributed by atoms with E-state index in [0.29, 0.717) is 5.76 Å². The van der Waals surface area contributed by atoms with Crippen LogP contribution in [0.5, 0.6) is 0 Å². The van der Waals surface area contributed by atoms with Crippen molar-refractivity contribution in [2.24, 2.45) is 10.2 Å². The van der Waals surface area contributed by atoms with Crippen molar-refractivity contribution in [1.29, 1.82) is 0 Å². The van der Waals surface area contributed by atoms with Gasteiger partial charge in [0.15, 0.2) is 0 Å². The quantitative estimate of drug-likeness (QED) is 0.336. The van der Waals surface area contributed by atoms with Crippen LogP contribution in [0.15, 0.2) is 34.3 Å². The molecule has 56 valence electrons. The van der Waals surface area contributed by atoms with E-state index in [1.54, 1.807) is 20.2 Å². The molecule has 0 saturated carbocycles. The summed E-state index contributed by atoms with van der Waals surface area (Å²) in [6.07, 6.45) is 1.60. The third-order valence-electron chi connectivity index (χ3n) is 1.01. The molecule has 0 heterocycles. The monoisotopic (exact) mass is 140 g/mol. The molecule has 0 saturated heterocycles. The van der Waals surface area contributed by atoms with Gasteiger partial charge < -0.3 is 4.74 Å². The Bertz CT molecular complexity index is 170. The van der Waals surface area contributed by atoms with Crippen molar-refractivity contribution in [3.05, 3.63) is 24.1 Å². The Morgan fingerprint density at radius 2 is 2.20 bits per heavy atom. The van der Waals surface area contributed by atoms with Gasteiger partial charge in [0.2, 0.25) is 0 Å². The van der Waals surface area contributed by atoms with Crippen molar-refractivity contribution in [2.45, 2.75) is 6.92 Å². The fourth-order valence-electron chi connectivity index (χ4n) is 0.578. The SMILES string of the molecule is C=C/C(OC)=C(/C)N=NC. The molecule has 0 aromatic heterocycles. The minimum Gasteiger partial charge on any atom is -0.495 e. The normalized spacial score (nSPS) is 13.1. The Morgan fingerprint density at radius 1 is 1.60 bits per heavy atom. The van der Waals surface area contributed by atoms with Crippen molar-refractivity contribution in [2.75, 3.05) is 14.2 Å². The van der Waals surface area contributed by atoms with E-state index in [0.717, 1.165) is 5.70 Å². The van der Waals surface area contributed by atoms with E-state index in [9.17, 15) is 0 Å². The van der Waals surface area contributed by atoms with Crippen LogP contribution in [-0.4, -0.2) is 14.2 Å². The van der Waals surface area contributed by atoms with Gasteiger partial charge in [0, 0.05) is 7.05 Å². The smallest absolute Gasteiger partial charge is 0.141 e. The summed E-state index contributed by atoms with van der Waals surface area (Å²) >= 11 is 0. The number of rotatable bonds is 3. The number of methoxy groups -OCH3 is 1. The largest absolute Gasteiger partial charge is 0.495 e. The number of hydrogen-bond acceptors (Lipinski definition) is 3. The van der Waals surface area contributed by atoms with E-state index in [-0.39, 0.29) is 0 Å². The molecule has 3 nitrogen and oxygen atoms in total. The van der Waals surface area contributed by atoms with Crippen molar-refractivity contribution in [1.82, 2.24) is 0 Å². The van der Waals surface area contributed by atoms with E-state index in [2.05, 4.69) is 16.8 Å². The van der Waals surface area contributed by atoms with Crippen LogP contribution in [-0.2, 0) is 4.74 Å². The number of hydrogen-bond donors (Lipinski definition) is 0. The highest BCUT2D eigenvalue weighted by Crippen LogP contribution is 2.06. The van der Waals surface area contributed by atoms with Crippen LogP contribution in [0.4, 0.5) is 0 Å². The molecule has 0 aliphatic carbocycles. The first kappa shape index (κ1) is 8.88. The number of ether oxygens (including phenoxy) is 1. The Hall–Kier alpha value is -1.12. The minimum absolute atomic E-state index is 0.658. The Labute approximate surface area is 61.1 Å². The average Bonchev–Trinajstić information content (AvgIpc) is 1.91. The zero-order valence-electron chi connectivity index (χ0n) is 6.59. The van der Waals surface area contributed by atoms with Gasteiger partial charge in [-0.1, -0.05) is 6.58 Å². The Kier molecular flexibility index (Phi) is 4.20. The highest BCUT2D eigenvalue weighted by molar-refractivity contribution is 5.14. The zero-order chi connectivity index (χ0) is 7.98. The van der Waals surface area contributed by atoms with Crippen LogP contribution >= 0.6 is 0 Å². The molecule has 0 bridgehead atoms. The second kappa shape index (κ2) is 4.73. The first-order valence-electron chi connectivity index (χ1n) is 2.93. The maximum Gasteiger partial charge on any atom is 0.141 e. The lowest BCUT2D eigenvalue weighted by Crippen LogP contribution is -1.84. The van der Waals surface area contributed by atoms with Gasteiger partial charge in [-0.25, -0.2) is 0 Å². The minimum atomic E-state index is 0.658. The molecule has 0 aromatic carbocycles. The maximum absolute atomic E-state index is 4.92. The highest BCUT2D eigenvalue weighted by atomic mass is 16.5. The maximum atomic E-state index is 4.92. The number of azo groups is 1. The molecule has 0 aromatic rings. The van der Waals surface area contributed by atoms with Crippen LogP contribution in [0.25, 0.3) is 0 Å². The van der Waals surface area contributed by atoms with E-state index < -0.39 is 0 Å². The topological polar surface area (TPSA) is 34.0 Å². The molecular formula is C7H12N2O. The van der Waals surface area contributed by atoms with Gasteiger partial charge in [-0.05, 0) is 13.0 Å². The standard InChI is InChI=1S/C7H12N2O/c1-5-7(10-4)6(2)9-8-3/h5H,1H2,2-4H3/b7-6+,9-8?. The van der Waals surface area contributed by atoms with E-state index in [4.69, 9.17) is 4.74 Å². The van der Waals surface area contributed by atoms with Gasteiger partial charge in [-0.2, -0.15) is 10.2 Å². The summed E-state index contributed by atoms with van der Waals surface area (Å²) in [5.74, 6) is 0.658. The van der Waals surface area contributed by atoms with Gasteiger partial charge in [0.05, 0.1) is 7.11 Å². The van der Waals surface area contributed by atoms with E-state index in [1.807, 2.05) is 6.92 Å². The first-order valence-corrected chi connectivity index (χ1v) is 2.93. The van der Waals surface area contributed by atoms with Gasteiger partial charge in [0.25, 0.3) is 0 Å². The van der Waals surface area contributed by atoms with Crippen LogP contribution in [0.2, 0.25) is 0 Å². The number of allylic oxidation sites excluding steroid dienone is 2. The molecule has 0 atom stereocenters. The van der Waals surface area contributed by atoms with Crippen LogP contribution in [0.1, 0.15) is 6.92 Å². The summed E-state index contributed by atoms with van der Waals surface area (Å²) < 4.78 is 4.92. The molecule has 0 spiro atoms. The van der Waals surface area contributed by atoms with Crippen molar-refractivity contribution in [3.8, 4) is 0 Å². The second-order valence-electron chi connectivity index (χ2n) is 1.66. The molecule has 10 heavy (non-hydrogen) atoms. The van der Waals surface area contributed by atoms with Crippen molar-refractivity contribution < 1.29 is 4.74 Å². The summed E-state index contributed by atoms with van der Waals surface area (Å²) in [4.78, 5) is 0. The molecular weight excluding hydrogens is 128 g/mol. The molecule has 0 fully saturated rings. The number of nitrogens with zero attached hydrogens (tertiary/aromatic N) is 2. The van der Waals surface area contributed by atoms with Crippen molar-refractivity contribution >= 4 is 0 Å². The lowest BCUT2D eigenvalue weighted by atomic mass is 10.4. The van der Waals surface area contributed by atoms with Gasteiger partial charge >= 0.3 is 0 Å². The zero-order valence-corrected chi connectivity index (χ0v) is 6.59. The van der Waals surface area contributed by atoms with E-state index >= 15 is 0 Å². The average molecular weight is 140 g/mol. The molecule has 0 amide bonds. The van der Waals surface area contributed by atoms with Gasteiger partial charge in [0.1, 0.15) is 11.5 Å². The molecule has 0 N–H and O–H groups in total. The summed E-state index contributed by atoms with van der Waals surface area (Å²) in [6.45, 7) is 5.36. The van der Waals surface area contributed by atoms with Crippen LogP contribution < -0.4 is 0 Å². The highest BCUT2D eigenvalue weighted by Gasteiger charge is 1.93. The predicted octanol–water partition coefficient (Wildman–Crippen LogP) is 2.13.